The van der Waals surface area contributed by atoms with Gasteiger partial charge in [-0.05, 0) is 101 Å². The van der Waals surface area contributed by atoms with E-state index in [0.29, 0.717) is 68.7 Å². The number of ketones is 7. The molecule has 0 fully saturated rings. The number of aliphatic hydroxyl groups is 1. The molecule has 0 aromatic heterocycles. The second-order valence-electron chi connectivity index (χ2n) is 16.4. The van der Waals surface area contributed by atoms with E-state index in [9.17, 15) is 46.2 Å². The van der Waals surface area contributed by atoms with Crippen LogP contribution in [0, 0.1) is 11.8 Å². The van der Waals surface area contributed by atoms with E-state index in [1.807, 2.05) is 108 Å². The maximum Gasteiger partial charge on any atom is 0.152 e. The Morgan fingerprint density at radius 3 is 0.738 bits per heavy atom. The first kappa shape index (κ1) is 131. The molecule has 0 saturated heterocycles. The number of carbonyl (C=O) groups is 7. The minimum atomic E-state index is -2.66. The number of Topliss-reactive ketones (excluding diaryl/α,β-unsaturated/α-hetero) is 6. The molecule has 84 heavy (non-hydrogen) atoms. The number of sulfone groups is 1. The predicted octanol–water partition coefficient (Wildman–Crippen LogP) is 18.3. The van der Waals surface area contributed by atoms with Gasteiger partial charge in [-0.3, -0.25) is 23.4 Å². The Bertz CT molecular complexity index is 1300. The first-order valence-electron chi connectivity index (χ1n) is 29.9. The van der Waals surface area contributed by atoms with Gasteiger partial charge in [0.15, 0.2) is 16.9 Å². The van der Waals surface area contributed by atoms with Gasteiger partial charge in [-0.1, -0.05) is 181 Å². The van der Waals surface area contributed by atoms with Crippen LogP contribution in [0.15, 0.2) is 24.3 Å². The maximum atomic E-state index is 10.2. The zero-order valence-corrected chi connectivity index (χ0v) is 64.6. The van der Waals surface area contributed by atoms with E-state index in [2.05, 4.69) is 85.9 Å². The van der Waals surface area contributed by atoms with Gasteiger partial charge in [-0.25, -0.2) is 18.1 Å². The van der Waals surface area contributed by atoms with Crippen molar-refractivity contribution in [2.24, 2.45) is 0 Å². The Kier molecular flexibility index (Phi) is 239. The van der Waals surface area contributed by atoms with Crippen LogP contribution in [0.4, 0.5) is 0 Å². The van der Waals surface area contributed by atoms with Gasteiger partial charge in [0, 0.05) is 89.0 Å². The van der Waals surface area contributed by atoms with Crippen LogP contribution >= 0.6 is 12.0 Å². The van der Waals surface area contributed by atoms with Crippen LogP contribution in [-0.2, 0) is 67.7 Å². The molecule has 0 bridgehead atoms. The average Bonchev–Trinajstić information content (AvgIpc) is 3.45. The van der Waals surface area contributed by atoms with Crippen molar-refractivity contribution in [2.75, 3.05) is 52.9 Å². The quantitative estimate of drug-likeness (QED) is 0.0481. The molecule has 0 aliphatic carbocycles. The zero-order valence-electron chi connectivity index (χ0n) is 62.2. The van der Waals surface area contributed by atoms with Crippen molar-refractivity contribution in [3.63, 3.8) is 0 Å². The fraction of sp³-hybridized carbons (Fsp3) is 0.803. The number of hydrogen-bond donors (Lipinski definition) is 2. The van der Waals surface area contributed by atoms with Crippen molar-refractivity contribution in [3.05, 3.63) is 24.3 Å². The SMILES string of the molecule is CC#CC.CC(C)=O.CC(C)O.CC=CC.CC=CC(C)=O.CCC.CCC.CCC(=O)CC.CCC(=O)CC.CCC(=O)CC.CCC(C)=O.CCC(C)=O.CCCC.CCCCC.CCS(C)(=O)=O.CNOC.COS(C)=O.COSC. The summed E-state index contributed by atoms with van der Waals surface area (Å²) in [5, 5.41) is 8.06. The van der Waals surface area contributed by atoms with E-state index in [1.54, 1.807) is 62.0 Å². The summed E-state index contributed by atoms with van der Waals surface area (Å²) in [7, 11) is 3.66. The number of nitrogens with one attached hydrogen (secondary N) is 1. The minimum absolute atomic E-state index is 0.109. The van der Waals surface area contributed by atoms with Crippen molar-refractivity contribution in [3.8, 4) is 11.8 Å². The fourth-order valence-corrected chi connectivity index (χ4v) is 1.34. The van der Waals surface area contributed by atoms with Crippen molar-refractivity contribution in [2.45, 2.75) is 303 Å². The Morgan fingerprint density at radius 1 is 0.560 bits per heavy atom. The molecule has 0 aromatic rings. The third kappa shape index (κ3) is 613. The van der Waals surface area contributed by atoms with Crippen LogP contribution < -0.4 is 5.48 Å². The summed E-state index contributed by atoms with van der Waals surface area (Å²) in [6, 6.07) is 0. The molecule has 2 N–H and O–H groups in total. The Labute approximate surface area is 532 Å². The predicted molar refractivity (Wildman–Crippen MR) is 378 cm³/mol. The second-order valence-corrected chi connectivity index (χ2v) is 20.7. The summed E-state index contributed by atoms with van der Waals surface area (Å²) in [5.74, 6) is 7.42. The molecule has 18 heteroatoms. The molecule has 0 radical (unpaired) electrons. The third-order valence-electron chi connectivity index (χ3n) is 6.68. The highest BCUT2D eigenvalue weighted by molar-refractivity contribution is 7.93. The summed E-state index contributed by atoms with van der Waals surface area (Å²) in [4.78, 5) is 73.9. The van der Waals surface area contributed by atoms with E-state index in [4.69, 9.17) is 5.11 Å². The molecule has 0 saturated carbocycles. The van der Waals surface area contributed by atoms with Crippen LogP contribution in [-0.4, -0.2) is 117 Å². The molecule has 518 valence electrons. The van der Waals surface area contributed by atoms with Crippen LogP contribution in [0.2, 0.25) is 0 Å². The number of hydroxylamine groups is 1. The number of hydrogen-bond acceptors (Lipinski definition) is 16. The van der Waals surface area contributed by atoms with Crippen molar-refractivity contribution >= 4 is 73.4 Å². The molecule has 1 unspecified atom stereocenters. The van der Waals surface area contributed by atoms with Crippen molar-refractivity contribution in [1.82, 2.24) is 5.48 Å². The molecule has 0 aliphatic heterocycles. The van der Waals surface area contributed by atoms with Gasteiger partial charge in [0.25, 0.3) is 0 Å². The van der Waals surface area contributed by atoms with Gasteiger partial charge in [-0.2, -0.15) is 0 Å². The molecule has 0 heterocycles. The van der Waals surface area contributed by atoms with Gasteiger partial charge in [0.2, 0.25) is 0 Å². The van der Waals surface area contributed by atoms with Gasteiger partial charge in [-0.15, -0.1) is 11.8 Å². The molecule has 0 rings (SSSR count). The molecule has 15 nitrogen and oxygen atoms in total. The topological polar surface area (TPSA) is 231 Å². The lowest BCUT2D eigenvalue weighted by Crippen LogP contribution is -2.00. The van der Waals surface area contributed by atoms with Crippen LogP contribution in [0.25, 0.3) is 0 Å². The van der Waals surface area contributed by atoms with Crippen molar-refractivity contribution in [1.29, 1.82) is 0 Å². The normalized spacial score (nSPS) is 8.45. The highest BCUT2D eigenvalue weighted by Crippen LogP contribution is 1.88. The molecule has 0 spiro atoms. The standard InChI is InChI=1S/C5H8O.3C5H10O.C5H12.2C4H8O.C4H10.C4H8.C4H6.C3H8O2S.C3H8O.C3H6O.2C3H8.C2H7NO.C2H6O2S.C2H6OS/c1-3-4-5(2)6;3*1-3-5(6)4-2;1-3-5-4-2;2*1-3-4(2)5;3*1-3-4-2;1-3-6(2,4)5;2*1-3(2)4;2*1-3-2;1-3-4-2;1-4-5(2)3;1-3-4-2/h3-4H,1-2H3;3*3-4H2,1-2H3;3-5H2,1-2H3;2*3H2,1-2H3;3-4H2,1-2H3;3-4H,1-2H3;1-2H3;3H2,1-2H3;3-4H,1-2H3;1-2H3;2*3H2,1-2H3;3H,1-2H3;1-2H3;1-2H3. The molecule has 0 amide bonds. The zero-order chi connectivity index (χ0) is 71.8. The third-order valence-corrected chi connectivity index (χ3v) is 8.54. The van der Waals surface area contributed by atoms with Gasteiger partial charge in [0.05, 0.1) is 21.3 Å². The van der Waals surface area contributed by atoms with E-state index in [0.717, 1.165) is 0 Å². The average molecular weight is 1280 g/mol. The van der Waals surface area contributed by atoms with Gasteiger partial charge < -0.3 is 28.5 Å². The first-order valence-corrected chi connectivity index (χ1v) is 34.6. The molecule has 0 aliphatic rings. The number of rotatable bonds is 16. The number of carbonyl (C=O) groups excluding carboxylic acids is 7. The Balaban J connectivity index is -0.0000000344. The second kappa shape index (κ2) is 154. The van der Waals surface area contributed by atoms with Gasteiger partial charge >= 0.3 is 0 Å². The van der Waals surface area contributed by atoms with Crippen LogP contribution in [0.3, 0.4) is 0 Å². The number of allylic oxidation sites excluding steroid dienone is 4. The van der Waals surface area contributed by atoms with E-state index < -0.39 is 20.9 Å². The highest BCUT2D eigenvalue weighted by Gasteiger charge is 1.91. The lowest BCUT2D eigenvalue weighted by atomic mass is 10.3. The number of aliphatic hydroxyl groups excluding tert-OH is 1. The Hall–Kier alpha value is -3.02. The van der Waals surface area contributed by atoms with Crippen LogP contribution in [0.1, 0.15) is 297 Å². The summed E-state index contributed by atoms with van der Waals surface area (Å²) in [6.45, 7) is 54.5. The highest BCUT2D eigenvalue weighted by atomic mass is 32.2. The number of unbranched alkanes of at least 4 members (excludes halogenated alkanes) is 3. The fourth-order valence-electron chi connectivity index (χ4n) is 1.34. The summed E-state index contributed by atoms with van der Waals surface area (Å²) >= 11 is 0.284. The lowest BCUT2D eigenvalue weighted by molar-refractivity contribution is -0.119. The van der Waals surface area contributed by atoms with Gasteiger partial charge in [0.1, 0.15) is 44.5 Å². The Morgan fingerprint density at radius 2 is 0.738 bits per heavy atom. The van der Waals surface area contributed by atoms with Crippen molar-refractivity contribution < 1.29 is 64.5 Å². The molecular weight excluding hydrogens is 1130 g/mol. The first-order chi connectivity index (χ1) is 38.8. The molecular formula is C66H147NO14S3. The summed E-state index contributed by atoms with van der Waals surface area (Å²) in [6.07, 6.45) is 26.3. The molecule has 0 aromatic carbocycles. The maximum absolute atomic E-state index is 10.2. The monoisotopic (exact) mass is 1270 g/mol. The minimum Gasteiger partial charge on any atom is -0.394 e. The largest absolute Gasteiger partial charge is 0.394 e. The smallest absolute Gasteiger partial charge is 0.152 e. The van der Waals surface area contributed by atoms with Crippen LogP contribution in [0.5, 0.6) is 0 Å². The summed E-state index contributed by atoms with van der Waals surface area (Å²) < 4.78 is 38.4. The van der Waals surface area contributed by atoms with E-state index in [1.165, 1.54) is 103 Å². The lowest BCUT2D eigenvalue weighted by Gasteiger charge is -1.81. The van der Waals surface area contributed by atoms with E-state index in [-0.39, 0.29) is 35.0 Å². The van der Waals surface area contributed by atoms with E-state index >= 15 is 0 Å². The molecule has 1 atom stereocenters. The summed E-state index contributed by atoms with van der Waals surface area (Å²) in [5.41, 5.74) is 2.43.